The number of hydrogen-bond donors (Lipinski definition) is 1. The predicted octanol–water partition coefficient (Wildman–Crippen LogP) is 5.48. The van der Waals surface area contributed by atoms with Crippen molar-refractivity contribution in [3.05, 3.63) is 58.3 Å². The summed E-state index contributed by atoms with van der Waals surface area (Å²) in [6, 6.07) is 16.0. The van der Waals surface area contributed by atoms with E-state index >= 15 is 0 Å². The molecule has 1 fully saturated rings. The first-order valence-corrected chi connectivity index (χ1v) is 10.8. The lowest BCUT2D eigenvalue weighted by Crippen LogP contribution is -2.44. The highest BCUT2D eigenvalue weighted by molar-refractivity contribution is 7.09. The maximum Gasteiger partial charge on any atom is 0.0641 e. The fourth-order valence-electron chi connectivity index (χ4n) is 4.15. The molecule has 0 unspecified atom stereocenters. The van der Waals surface area contributed by atoms with Crippen molar-refractivity contribution in [2.75, 3.05) is 13.2 Å². The zero-order chi connectivity index (χ0) is 18.5. The van der Waals surface area contributed by atoms with Gasteiger partial charge < -0.3 is 10.1 Å². The molecular weight excluding hydrogens is 338 g/mol. The van der Waals surface area contributed by atoms with Crippen LogP contribution < -0.4 is 5.32 Å². The summed E-state index contributed by atoms with van der Waals surface area (Å²) in [6.07, 6.45) is 5.71. The smallest absolute Gasteiger partial charge is 0.0641 e. The van der Waals surface area contributed by atoms with Crippen LogP contribution in [0.4, 0.5) is 0 Å². The lowest BCUT2D eigenvalue weighted by molar-refractivity contribution is -0.0630. The molecule has 2 heterocycles. The van der Waals surface area contributed by atoms with Gasteiger partial charge in [-0.2, -0.15) is 0 Å². The molecule has 0 radical (unpaired) electrons. The second-order valence-corrected chi connectivity index (χ2v) is 9.76. The summed E-state index contributed by atoms with van der Waals surface area (Å²) in [5.41, 5.74) is 1.74. The van der Waals surface area contributed by atoms with Crippen LogP contribution in [-0.2, 0) is 17.6 Å². The molecule has 0 bridgehead atoms. The second kappa shape index (κ2) is 8.69. The Hall–Kier alpha value is -1.16. The van der Waals surface area contributed by atoms with E-state index in [1.807, 2.05) is 11.3 Å². The van der Waals surface area contributed by atoms with E-state index in [1.54, 1.807) is 0 Å². The monoisotopic (exact) mass is 371 g/mol. The average Bonchev–Trinajstić information content (AvgIpc) is 3.07. The van der Waals surface area contributed by atoms with Gasteiger partial charge in [-0.05, 0) is 74.9 Å². The molecule has 1 aromatic heterocycles. The van der Waals surface area contributed by atoms with Crippen molar-refractivity contribution in [1.82, 2.24) is 5.32 Å². The van der Waals surface area contributed by atoms with Gasteiger partial charge in [0, 0.05) is 17.5 Å². The maximum atomic E-state index is 5.85. The molecule has 3 heteroatoms. The van der Waals surface area contributed by atoms with Gasteiger partial charge in [-0.15, -0.1) is 11.3 Å². The number of hydrogen-bond acceptors (Lipinski definition) is 3. The van der Waals surface area contributed by atoms with Crippen molar-refractivity contribution in [3.8, 4) is 0 Å². The lowest BCUT2D eigenvalue weighted by Gasteiger charge is -2.37. The van der Waals surface area contributed by atoms with Crippen LogP contribution in [0.2, 0.25) is 0 Å². The quantitative estimate of drug-likeness (QED) is 0.664. The standard InChI is InChI=1S/C23H33NOS/c1-22(2)17-20(11-14-25-22)24-13-12-23(3,18-21-10-7-15-26-21)16-19-8-5-4-6-9-19/h4-10,15,20,24H,11-14,16-18H2,1-3H3/t20-,23+/m1/s1. The van der Waals surface area contributed by atoms with Crippen LogP contribution in [0.5, 0.6) is 0 Å². The van der Waals surface area contributed by atoms with Gasteiger partial charge in [0.15, 0.2) is 0 Å². The molecule has 26 heavy (non-hydrogen) atoms. The average molecular weight is 372 g/mol. The molecule has 0 aliphatic carbocycles. The Bertz CT molecular complexity index is 652. The molecular formula is C23H33NOS. The topological polar surface area (TPSA) is 21.3 Å². The Morgan fingerprint density at radius 2 is 1.96 bits per heavy atom. The van der Waals surface area contributed by atoms with E-state index < -0.39 is 0 Å². The Labute approximate surface area is 163 Å². The van der Waals surface area contributed by atoms with Gasteiger partial charge in [-0.25, -0.2) is 0 Å². The number of nitrogens with one attached hydrogen (secondary N) is 1. The number of benzene rings is 1. The normalized spacial score (nSPS) is 22.0. The van der Waals surface area contributed by atoms with Gasteiger partial charge in [0.05, 0.1) is 5.60 Å². The largest absolute Gasteiger partial charge is 0.375 e. The van der Waals surface area contributed by atoms with Gasteiger partial charge >= 0.3 is 0 Å². The molecule has 0 spiro atoms. The highest BCUT2D eigenvalue weighted by atomic mass is 32.1. The summed E-state index contributed by atoms with van der Waals surface area (Å²) >= 11 is 1.88. The predicted molar refractivity (Wildman–Crippen MR) is 112 cm³/mol. The lowest BCUT2D eigenvalue weighted by atomic mass is 9.77. The third-order valence-electron chi connectivity index (χ3n) is 5.51. The Kier molecular flexibility index (Phi) is 6.55. The van der Waals surface area contributed by atoms with Crippen molar-refractivity contribution < 1.29 is 4.74 Å². The molecule has 142 valence electrons. The van der Waals surface area contributed by atoms with Crippen molar-refractivity contribution in [1.29, 1.82) is 0 Å². The van der Waals surface area contributed by atoms with Crippen molar-refractivity contribution >= 4 is 11.3 Å². The Balaban J connectivity index is 1.60. The molecule has 0 amide bonds. The van der Waals surface area contributed by atoms with Crippen LogP contribution >= 0.6 is 11.3 Å². The first-order chi connectivity index (χ1) is 12.4. The van der Waals surface area contributed by atoms with Crippen LogP contribution in [0.15, 0.2) is 47.8 Å². The van der Waals surface area contributed by atoms with Gasteiger partial charge in [0.1, 0.15) is 0 Å². The minimum absolute atomic E-state index is 0.0141. The van der Waals surface area contributed by atoms with Crippen LogP contribution in [0, 0.1) is 5.41 Å². The highest BCUT2D eigenvalue weighted by Crippen LogP contribution is 2.33. The van der Waals surface area contributed by atoms with Crippen molar-refractivity contribution in [3.63, 3.8) is 0 Å². The van der Waals surface area contributed by atoms with Crippen molar-refractivity contribution in [2.45, 2.75) is 64.5 Å². The number of rotatable bonds is 8. The molecule has 1 aliphatic heterocycles. The van der Waals surface area contributed by atoms with Crippen LogP contribution in [0.25, 0.3) is 0 Å². The van der Waals surface area contributed by atoms with E-state index in [1.165, 1.54) is 16.9 Å². The minimum atomic E-state index is 0.0141. The van der Waals surface area contributed by atoms with Gasteiger partial charge in [-0.1, -0.05) is 43.3 Å². The minimum Gasteiger partial charge on any atom is -0.375 e. The van der Waals surface area contributed by atoms with Gasteiger partial charge in [0.2, 0.25) is 0 Å². The molecule has 2 nitrogen and oxygen atoms in total. The van der Waals surface area contributed by atoms with E-state index in [9.17, 15) is 0 Å². The summed E-state index contributed by atoms with van der Waals surface area (Å²) in [7, 11) is 0. The van der Waals surface area contributed by atoms with E-state index in [-0.39, 0.29) is 11.0 Å². The molecule has 1 aromatic carbocycles. The van der Waals surface area contributed by atoms with E-state index in [0.717, 1.165) is 38.8 Å². The first kappa shape index (κ1) is 19.6. The third kappa shape index (κ3) is 5.94. The molecule has 1 N–H and O–H groups in total. The summed E-state index contributed by atoms with van der Waals surface area (Å²) in [5.74, 6) is 0. The summed E-state index contributed by atoms with van der Waals surface area (Å²) < 4.78 is 5.85. The molecule has 1 saturated heterocycles. The third-order valence-corrected chi connectivity index (χ3v) is 6.39. The maximum absolute atomic E-state index is 5.85. The van der Waals surface area contributed by atoms with Crippen LogP contribution in [0.1, 0.15) is 50.5 Å². The number of ether oxygens (including phenoxy) is 1. The molecule has 1 aliphatic rings. The zero-order valence-electron chi connectivity index (χ0n) is 16.5. The fourth-order valence-corrected chi connectivity index (χ4v) is 5.07. The first-order valence-electron chi connectivity index (χ1n) is 9.88. The molecule has 3 rings (SSSR count). The van der Waals surface area contributed by atoms with Crippen LogP contribution in [-0.4, -0.2) is 24.8 Å². The van der Waals surface area contributed by atoms with Crippen LogP contribution in [0.3, 0.4) is 0 Å². The van der Waals surface area contributed by atoms with Crippen molar-refractivity contribution in [2.24, 2.45) is 5.41 Å². The number of thiophene rings is 1. The highest BCUT2D eigenvalue weighted by Gasteiger charge is 2.30. The Morgan fingerprint density at radius 3 is 2.65 bits per heavy atom. The van der Waals surface area contributed by atoms with E-state index in [0.29, 0.717) is 6.04 Å². The summed E-state index contributed by atoms with van der Waals surface area (Å²) in [6.45, 7) is 8.82. The summed E-state index contributed by atoms with van der Waals surface area (Å²) in [4.78, 5) is 1.50. The SMILES string of the molecule is CC1(C)C[C@H](NCC[C@@](C)(Cc2ccccc2)Cc2cccs2)CCO1. The van der Waals surface area contributed by atoms with E-state index in [4.69, 9.17) is 4.74 Å². The molecule has 0 saturated carbocycles. The van der Waals surface area contributed by atoms with Gasteiger partial charge in [0.25, 0.3) is 0 Å². The molecule has 2 aromatic rings. The Morgan fingerprint density at radius 1 is 1.15 bits per heavy atom. The molecule has 2 atom stereocenters. The second-order valence-electron chi connectivity index (χ2n) is 8.73. The fraction of sp³-hybridized carbons (Fsp3) is 0.565. The van der Waals surface area contributed by atoms with E-state index in [2.05, 4.69) is 73.9 Å². The zero-order valence-corrected chi connectivity index (χ0v) is 17.3. The summed E-state index contributed by atoms with van der Waals surface area (Å²) in [5, 5.41) is 6.02. The van der Waals surface area contributed by atoms with Gasteiger partial charge in [-0.3, -0.25) is 0 Å².